The Morgan fingerprint density at radius 3 is 2.72 bits per heavy atom. The molecule has 0 fully saturated rings. The molecular formula is C21H22BrN5O2. The Morgan fingerprint density at radius 1 is 1.21 bits per heavy atom. The quantitative estimate of drug-likeness (QED) is 0.447. The maximum atomic E-state index is 12.8. The molecule has 4 aromatic rings. The molecule has 0 bridgehead atoms. The molecule has 29 heavy (non-hydrogen) atoms. The number of para-hydroxylation sites is 2. The molecule has 0 radical (unpaired) electrons. The molecule has 0 saturated carbocycles. The Balaban J connectivity index is 1.55. The summed E-state index contributed by atoms with van der Waals surface area (Å²) in [5, 5.41) is 7.37. The molecule has 0 atom stereocenters. The fraction of sp³-hybridized carbons (Fsp3) is 0.286. The van der Waals surface area contributed by atoms with Gasteiger partial charge in [0.2, 0.25) is 5.95 Å². The minimum absolute atomic E-state index is 0.246. The summed E-state index contributed by atoms with van der Waals surface area (Å²) in [4.78, 5) is 17.3. The van der Waals surface area contributed by atoms with Crippen LogP contribution in [0.5, 0.6) is 0 Å². The van der Waals surface area contributed by atoms with E-state index in [1.165, 1.54) is 0 Å². The van der Waals surface area contributed by atoms with Crippen LogP contribution in [-0.2, 0) is 13.1 Å². The summed E-state index contributed by atoms with van der Waals surface area (Å²) in [6.45, 7) is 7.25. The Hall–Kier alpha value is -2.87. The predicted molar refractivity (Wildman–Crippen MR) is 115 cm³/mol. The number of anilines is 1. The zero-order valence-corrected chi connectivity index (χ0v) is 18.2. The molecule has 0 aliphatic rings. The Morgan fingerprint density at radius 2 is 2.00 bits per heavy atom. The average molecular weight is 456 g/mol. The number of amides is 1. The first kappa shape index (κ1) is 19.4. The SMILES string of the molecule is CCCn1c(NC(=O)c2ccc(Cn3nc(C)c(Br)c3C)o2)nc2ccccc21. The number of fused-ring (bicyclic) bond motifs is 1. The number of carbonyl (C=O) groups excluding carboxylic acids is 1. The highest BCUT2D eigenvalue weighted by Gasteiger charge is 2.17. The van der Waals surface area contributed by atoms with Crippen molar-refractivity contribution >= 4 is 38.8 Å². The Labute approximate surface area is 176 Å². The first-order valence-corrected chi connectivity index (χ1v) is 10.3. The lowest BCUT2D eigenvalue weighted by molar-refractivity contribution is 0.0993. The minimum atomic E-state index is -0.321. The fourth-order valence-corrected chi connectivity index (χ4v) is 3.63. The zero-order valence-electron chi connectivity index (χ0n) is 16.6. The van der Waals surface area contributed by atoms with Crippen LogP contribution in [-0.4, -0.2) is 25.2 Å². The molecule has 8 heteroatoms. The lowest BCUT2D eigenvalue weighted by atomic mass is 10.3. The van der Waals surface area contributed by atoms with Crippen molar-refractivity contribution in [2.24, 2.45) is 0 Å². The largest absolute Gasteiger partial charge is 0.454 e. The van der Waals surface area contributed by atoms with Gasteiger partial charge < -0.3 is 8.98 Å². The van der Waals surface area contributed by atoms with E-state index in [1.54, 1.807) is 12.1 Å². The fourth-order valence-electron chi connectivity index (χ4n) is 3.35. The molecule has 150 valence electrons. The van der Waals surface area contributed by atoms with Gasteiger partial charge in [-0.05, 0) is 60.5 Å². The second-order valence-electron chi connectivity index (χ2n) is 6.94. The van der Waals surface area contributed by atoms with Gasteiger partial charge in [-0.1, -0.05) is 19.1 Å². The molecule has 0 aliphatic carbocycles. The third-order valence-corrected chi connectivity index (χ3v) is 5.96. The van der Waals surface area contributed by atoms with Crippen LogP contribution < -0.4 is 5.32 Å². The van der Waals surface area contributed by atoms with Gasteiger partial charge >= 0.3 is 0 Å². The van der Waals surface area contributed by atoms with Gasteiger partial charge in [0.25, 0.3) is 5.91 Å². The standard InChI is InChI=1S/C21H22BrN5O2/c1-4-11-26-17-8-6-5-7-16(17)23-21(26)24-20(28)18-10-9-15(29-18)12-27-14(3)19(22)13(2)25-27/h5-10H,4,11-12H2,1-3H3,(H,23,24,28). The van der Waals surface area contributed by atoms with Gasteiger partial charge in [-0.15, -0.1) is 0 Å². The number of nitrogens with zero attached hydrogens (tertiary/aromatic N) is 4. The maximum absolute atomic E-state index is 12.8. The lowest BCUT2D eigenvalue weighted by Crippen LogP contribution is -2.15. The van der Waals surface area contributed by atoms with Crippen molar-refractivity contribution in [3.8, 4) is 0 Å². The lowest BCUT2D eigenvalue weighted by Gasteiger charge is -2.08. The second-order valence-corrected chi connectivity index (χ2v) is 7.73. The summed E-state index contributed by atoms with van der Waals surface area (Å²) in [5.41, 5.74) is 3.78. The molecule has 1 amide bonds. The van der Waals surface area contributed by atoms with Gasteiger partial charge in [-0.3, -0.25) is 14.8 Å². The Bertz CT molecular complexity index is 1190. The summed E-state index contributed by atoms with van der Waals surface area (Å²) in [7, 11) is 0. The number of imidazole rings is 1. The van der Waals surface area contributed by atoms with Gasteiger partial charge in [0.05, 0.1) is 33.4 Å². The summed E-state index contributed by atoms with van der Waals surface area (Å²) < 4.78 is 10.6. The number of hydrogen-bond acceptors (Lipinski definition) is 4. The van der Waals surface area contributed by atoms with E-state index in [-0.39, 0.29) is 11.7 Å². The Kier molecular flexibility index (Phi) is 5.27. The van der Waals surface area contributed by atoms with Crippen LogP contribution >= 0.6 is 15.9 Å². The molecular weight excluding hydrogens is 434 g/mol. The van der Waals surface area contributed by atoms with E-state index in [0.717, 1.165) is 39.9 Å². The number of nitrogens with one attached hydrogen (secondary N) is 1. The van der Waals surface area contributed by atoms with E-state index in [1.807, 2.05) is 47.4 Å². The average Bonchev–Trinajstić information content (AvgIpc) is 3.37. The monoisotopic (exact) mass is 455 g/mol. The van der Waals surface area contributed by atoms with Crippen LogP contribution in [0.4, 0.5) is 5.95 Å². The van der Waals surface area contributed by atoms with Crippen molar-refractivity contribution in [1.29, 1.82) is 0 Å². The third-order valence-electron chi connectivity index (χ3n) is 4.81. The summed E-state index contributed by atoms with van der Waals surface area (Å²) in [6, 6.07) is 11.3. The van der Waals surface area contributed by atoms with Crippen LogP contribution in [0.1, 0.15) is 41.0 Å². The molecule has 1 N–H and O–H groups in total. The topological polar surface area (TPSA) is 77.9 Å². The van der Waals surface area contributed by atoms with Gasteiger partial charge in [0.15, 0.2) is 5.76 Å². The summed E-state index contributed by atoms with van der Waals surface area (Å²) >= 11 is 3.53. The summed E-state index contributed by atoms with van der Waals surface area (Å²) in [5.74, 6) is 1.11. The molecule has 0 spiro atoms. The number of aromatic nitrogens is 4. The summed E-state index contributed by atoms with van der Waals surface area (Å²) in [6.07, 6.45) is 0.937. The number of furan rings is 1. The maximum Gasteiger partial charge on any atom is 0.293 e. The third kappa shape index (κ3) is 3.72. The van der Waals surface area contributed by atoms with Crippen LogP contribution in [0.15, 0.2) is 45.3 Å². The molecule has 7 nitrogen and oxygen atoms in total. The molecule has 0 saturated heterocycles. The van der Waals surface area contributed by atoms with E-state index in [2.05, 4.69) is 38.3 Å². The predicted octanol–water partition coefficient (Wildman–Crippen LogP) is 4.92. The van der Waals surface area contributed by atoms with Crippen LogP contribution in [0.2, 0.25) is 0 Å². The van der Waals surface area contributed by atoms with Crippen molar-refractivity contribution in [3.05, 3.63) is 63.8 Å². The van der Waals surface area contributed by atoms with Gasteiger partial charge in [-0.2, -0.15) is 5.10 Å². The van der Waals surface area contributed by atoms with Gasteiger partial charge in [0.1, 0.15) is 5.76 Å². The number of benzene rings is 1. The smallest absolute Gasteiger partial charge is 0.293 e. The first-order chi connectivity index (χ1) is 14.0. The van der Waals surface area contributed by atoms with E-state index in [4.69, 9.17) is 4.42 Å². The minimum Gasteiger partial charge on any atom is -0.454 e. The molecule has 0 aliphatic heterocycles. The first-order valence-electron chi connectivity index (χ1n) is 9.52. The van der Waals surface area contributed by atoms with Crippen molar-refractivity contribution in [2.45, 2.75) is 40.3 Å². The molecule has 3 heterocycles. The van der Waals surface area contributed by atoms with Gasteiger partial charge in [0, 0.05) is 6.54 Å². The molecule has 0 unspecified atom stereocenters. The van der Waals surface area contributed by atoms with Crippen LogP contribution in [0, 0.1) is 13.8 Å². The highest BCUT2D eigenvalue weighted by Crippen LogP contribution is 2.23. The van der Waals surface area contributed by atoms with E-state index >= 15 is 0 Å². The molecule has 3 aromatic heterocycles. The van der Waals surface area contributed by atoms with Crippen molar-refractivity contribution in [2.75, 3.05) is 5.32 Å². The normalized spacial score (nSPS) is 11.3. The molecule has 4 rings (SSSR count). The number of aryl methyl sites for hydroxylation is 2. The van der Waals surface area contributed by atoms with Crippen LogP contribution in [0.3, 0.4) is 0 Å². The van der Waals surface area contributed by atoms with E-state index in [9.17, 15) is 4.79 Å². The zero-order chi connectivity index (χ0) is 20.5. The van der Waals surface area contributed by atoms with Gasteiger partial charge in [-0.25, -0.2) is 4.98 Å². The van der Waals surface area contributed by atoms with Crippen molar-refractivity contribution in [1.82, 2.24) is 19.3 Å². The molecule has 1 aromatic carbocycles. The van der Waals surface area contributed by atoms with Crippen molar-refractivity contribution < 1.29 is 9.21 Å². The number of halogens is 1. The number of rotatable bonds is 6. The highest BCUT2D eigenvalue weighted by molar-refractivity contribution is 9.10. The second kappa shape index (κ2) is 7.87. The number of hydrogen-bond donors (Lipinski definition) is 1. The highest BCUT2D eigenvalue weighted by atomic mass is 79.9. The van der Waals surface area contributed by atoms with Crippen molar-refractivity contribution in [3.63, 3.8) is 0 Å². The number of carbonyl (C=O) groups is 1. The van der Waals surface area contributed by atoms with E-state index in [0.29, 0.717) is 18.3 Å². The van der Waals surface area contributed by atoms with Crippen LogP contribution in [0.25, 0.3) is 11.0 Å². The van der Waals surface area contributed by atoms with E-state index < -0.39 is 0 Å².